The van der Waals surface area contributed by atoms with Crippen LogP contribution in [0.1, 0.15) is 10.4 Å². The molecule has 1 amide bonds. The first-order chi connectivity index (χ1) is 11.1. The van der Waals surface area contributed by atoms with E-state index < -0.39 is 0 Å². The molecule has 0 aromatic heterocycles. The number of amides is 1. The van der Waals surface area contributed by atoms with E-state index in [-0.39, 0.29) is 11.0 Å². The summed E-state index contributed by atoms with van der Waals surface area (Å²) in [5.74, 6) is -0.223. The molecule has 0 radical (unpaired) electrons. The van der Waals surface area contributed by atoms with E-state index in [2.05, 4.69) is 33.2 Å². The third kappa shape index (κ3) is 3.86. The minimum Gasteiger partial charge on any atom is -0.332 e. The fraction of sp³-hybridized carbons (Fsp3) is 0. The van der Waals surface area contributed by atoms with Crippen LogP contribution in [-0.2, 0) is 0 Å². The second-order valence-electron chi connectivity index (χ2n) is 4.94. The maximum atomic E-state index is 12.2. The Hall–Kier alpha value is -1.99. The zero-order valence-electron chi connectivity index (χ0n) is 12.0. The van der Waals surface area contributed by atoms with Gasteiger partial charge in [-0.3, -0.25) is 10.1 Å². The van der Waals surface area contributed by atoms with Gasteiger partial charge in [0.1, 0.15) is 0 Å². The molecule has 0 aliphatic carbocycles. The molecule has 0 fully saturated rings. The summed E-state index contributed by atoms with van der Waals surface area (Å²) >= 11 is 7.45. The molecule has 0 bridgehead atoms. The minimum absolute atomic E-state index is 0.223. The van der Waals surface area contributed by atoms with Crippen LogP contribution in [0.5, 0.6) is 0 Å². The summed E-state index contributed by atoms with van der Waals surface area (Å²) in [7, 11) is 0. The summed E-state index contributed by atoms with van der Waals surface area (Å²) in [4.78, 5) is 12.2. The first-order valence-electron chi connectivity index (χ1n) is 6.99. The van der Waals surface area contributed by atoms with Gasteiger partial charge in [0.15, 0.2) is 5.11 Å². The van der Waals surface area contributed by atoms with E-state index in [9.17, 15) is 4.79 Å². The summed E-state index contributed by atoms with van der Waals surface area (Å²) in [6.45, 7) is 0. The molecule has 0 unspecified atom stereocenters. The lowest BCUT2D eigenvalue weighted by molar-refractivity contribution is 0.0977. The summed E-state index contributed by atoms with van der Waals surface area (Å²) in [6, 6.07) is 21.3. The van der Waals surface area contributed by atoms with Crippen molar-refractivity contribution in [2.24, 2.45) is 0 Å². The van der Waals surface area contributed by atoms with Crippen LogP contribution in [0.15, 0.2) is 66.7 Å². The molecule has 0 spiro atoms. The highest BCUT2D eigenvalue weighted by atomic mass is 127. The van der Waals surface area contributed by atoms with Crippen LogP contribution in [0.25, 0.3) is 10.8 Å². The van der Waals surface area contributed by atoms with Crippen molar-refractivity contribution in [1.29, 1.82) is 0 Å². The van der Waals surface area contributed by atoms with Crippen LogP contribution in [0.2, 0.25) is 0 Å². The van der Waals surface area contributed by atoms with Crippen molar-refractivity contribution in [3.8, 4) is 0 Å². The van der Waals surface area contributed by atoms with E-state index in [4.69, 9.17) is 12.2 Å². The SMILES string of the molecule is O=C(NC(=S)Nc1cccc2ccccc12)c1ccc(I)cc1. The van der Waals surface area contributed by atoms with Gasteiger partial charge in [-0.25, -0.2) is 0 Å². The number of rotatable bonds is 2. The van der Waals surface area contributed by atoms with Gasteiger partial charge in [-0.15, -0.1) is 0 Å². The van der Waals surface area contributed by atoms with Crippen molar-refractivity contribution >= 4 is 62.3 Å². The van der Waals surface area contributed by atoms with Crippen LogP contribution in [-0.4, -0.2) is 11.0 Å². The largest absolute Gasteiger partial charge is 0.332 e. The number of carbonyl (C=O) groups is 1. The maximum Gasteiger partial charge on any atom is 0.257 e. The van der Waals surface area contributed by atoms with Gasteiger partial charge in [-0.2, -0.15) is 0 Å². The van der Waals surface area contributed by atoms with E-state index in [1.165, 1.54) is 0 Å². The van der Waals surface area contributed by atoms with Gasteiger partial charge in [0.05, 0.1) is 0 Å². The predicted molar refractivity (Wildman–Crippen MR) is 107 cm³/mol. The van der Waals surface area contributed by atoms with Crippen LogP contribution >= 0.6 is 34.8 Å². The van der Waals surface area contributed by atoms with Crippen LogP contribution in [0.4, 0.5) is 5.69 Å². The van der Waals surface area contributed by atoms with Crippen molar-refractivity contribution in [3.05, 3.63) is 75.9 Å². The Balaban J connectivity index is 1.74. The molecule has 23 heavy (non-hydrogen) atoms. The van der Waals surface area contributed by atoms with Crippen molar-refractivity contribution < 1.29 is 4.79 Å². The number of anilines is 1. The highest BCUT2D eigenvalue weighted by molar-refractivity contribution is 14.1. The van der Waals surface area contributed by atoms with Gasteiger partial charge < -0.3 is 5.32 Å². The van der Waals surface area contributed by atoms with E-state index in [0.29, 0.717) is 5.56 Å². The topological polar surface area (TPSA) is 41.1 Å². The lowest BCUT2D eigenvalue weighted by Crippen LogP contribution is -2.34. The predicted octanol–water partition coefficient (Wildman–Crippen LogP) is 4.57. The molecule has 3 nitrogen and oxygen atoms in total. The molecule has 0 aliphatic heterocycles. The molecule has 0 saturated heterocycles. The Bertz CT molecular complexity index is 872. The summed E-state index contributed by atoms with van der Waals surface area (Å²) in [5, 5.41) is 8.26. The van der Waals surface area contributed by atoms with Gasteiger partial charge in [0, 0.05) is 20.2 Å². The number of nitrogens with one attached hydrogen (secondary N) is 2. The summed E-state index contributed by atoms with van der Waals surface area (Å²) in [5.41, 5.74) is 1.45. The molecular formula is C18H13IN2OS. The highest BCUT2D eigenvalue weighted by Gasteiger charge is 2.08. The van der Waals surface area contributed by atoms with Gasteiger partial charge in [0.25, 0.3) is 5.91 Å². The highest BCUT2D eigenvalue weighted by Crippen LogP contribution is 2.22. The first kappa shape index (κ1) is 15.9. The molecule has 114 valence electrons. The molecule has 3 aromatic rings. The van der Waals surface area contributed by atoms with Crippen LogP contribution < -0.4 is 10.6 Å². The smallest absolute Gasteiger partial charge is 0.257 e. The number of benzene rings is 3. The van der Waals surface area contributed by atoms with Gasteiger partial charge in [-0.1, -0.05) is 36.4 Å². The zero-order chi connectivity index (χ0) is 16.2. The fourth-order valence-electron chi connectivity index (χ4n) is 2.26. The average Bonchev–Trinajstić information content (AvgIpc) is 2.55. The van der Waals surface area contributed by atoms with Crippen molar-refractivity contribution in [2.45, 2.75) is 0 Å². The lowest BCUT2D eigenvalue weighted by Gasteiger charge is -2.12. The van der Waals surface area contributed by atoms with Gasteiger partial charge in [-0.05, 0) is 70.5 Å². The third-order valence-corrected chi connectivity index (χ3v) is 4.29. The van der Waals surface area contributed by atoms with Crippen LogP contribution in [0.3, 0.4) is 0 Å². The van der Waals surface area contributed by atoms with Gasteiger partial charge >= 0.3 is 0 Å². The Kier molecular flexibility index (Phi) is 4.88. The number of halogens is 1. The van der Waals surface area contributed by atoms with Crippen molar-refractivity contribution in [3.63, 3.8) is 0 Å². The number of hydrogen-bond donors (Lipinski definition) is 2. The van der Waals surface area contributed by atoms with Crippen molar-refractivity contribution in [1.82, 2.24) is 5.32 Å². The van der Waals surface area contributed by atoms with E-state index in [1.807, 2.05) is 54.6 Å². The summed E-state index contributed by atoms with van der Waals surface area (Å²) < 4.78 is 1.08. The molecule has 0 aliphatic rings. The quantitative estimate of drug-likeness (QED) is 0.461. The van der Waals surface area contributed by atoms with E-state index >= 15 is 0 Å². The molecule has 0 heterocycles. The molecule has 0 atom stereocenters. The van der Waals surface area contributed by atoms with Crippen molar-refractivity contribution in [2.75, 3.05) is 5.32 Å². The number of hydrogen-bond acceptors (Lipinski definition) is 2. The zero-order valence-corrected chi connectivity index (χ0v) is 15.0. The number of carbonyl (C=O) groups excluding carboxylic acids is 1. The van der Waals surface area contributed by atoms with Crippen LogP contribution in [0, 0.1) is 3.57 Å². The standard InChI is InChI=1S/C18H13IN2OS/c19-14-10-8-13(9-11-14)17(22)21-18(23)20-16-7-3-5-12-4-1-2-6-15(12)16/h1-11H,(H2,20,21,22,23). The minimum atomic E-state index is -0.223. The molecule has 3 rings (SSSR count). The van der Waals surface area contributed by atoms with Gasteiger partial charge in [0.2, 0.25) is 0 Å². The Morgan fingerprint density at radius 3 is 2.39 bits per heavy atom. The lowest BCUT2D eigenvalue weighted by atomic mass is 10.1. The molecule has 2 N–H and O–H groups in total. The Labute approximate surface area is 153 Å². The Morgan fingerprint density at radius 1 is 0.913 bits per heavy atom. The average molecular weight is 432 g/mol. The molecule has 3 aromatic carbocycles. The molecular weight excluding hydrogens is 419 g/mol. The molecule has 5 heteroatoms. The van der Waals surface area contributed by atoms with E-state index in [1.54, 1.807) is 12.1 Å². The summed E-state index contributed by atoms with van der Waals surface area (Å²) in [6.07, 6.45) is 0. The normalized spacial score (nSPS) is 10.3. The maximum absolute atomic E-state index is 12.2. The number of thiocarbonyl (C=S) groups is 1. The Morgan fingerprint density at radius 2 is 1.61 bits per heavy atom. The fourth-order valence-corrected chi connectivity index (χ4v) is 2.83. The third-order valence-electron chi connectivity index (χ3n) is 3.37. The second-order valence-corrected chi connectivity index (χ2v) is 6.60. The molecule has 0 saturated carbocycles. The second kappa shape index (κ2) is 7.06. The monoisotopic (exact) mass is 432 g/mol. The van der Waals surface area contributed by atoms with E-state index in [0.717, 1.165) is 20.0 Å². The first-order valence-corrected chi connectivity index (χ1v) is 8.48. The number of fused-ring (bicyclic) bond motifs is 1.